The number of ether oxygens (including phenoxy) is 1. The van der Waals surface area contributed by atoms with Gasteiger partial charge < -0.3 is 15.4 Å². The quantitative estimate of drug-likeness (QED) is 0.653. The van der Waals surface area contributed by atoms with Crippen LogP contribution in [0.1, 0.15) is 18.4 Å². The Morgan fingerprint density at radius 1 is 0.967 bits per heavy atom. The van der Waals surface area contributed by atoms with Crippen molar-refractivity contribution in [2.24, 2.45) is 5.73 Å². The SMILES string of the molecule is NC(=O)[C@@H](Cc1ccccc1)N(c1ccc(-c2ccncc2)cc1)C1CCOCC1. The first-order valence-electron chi connectivity index (χ1n) is 10.4. The Balaban J connectivity index is 1.67. The standard InChI is InChI=1S/C25H27N3O2/c26-25(29)24(18-19-4-2-1-3-5-19)28(23-12-16-30-17-13-23)22-8-6-20(7-9-22)21-10-14-27-15-11-21/h1-11,14-15,23-24H,12-13,16-18H2,(H2,26,29)/t24-/m1/s1. The van der Waals surface area contributed by atoms with E-state index in [9.17, 15) is 4.79 Å². The maximum absolute atomic E-state index is 12.6. The number of hydrogen-bond donors (Lipinski definition) is 1. The second kappa shape index (κ2) is 9.55. The van der Waals surface area contributed by atoms with Gasteiger partial charge in [0.05, 0.1) is 0 Å². The molecular formula is C25H27N3O2. The number of carbonyl (C=O) groups is 1. The Morgan fingerprint density at radius 2 is 1.60 bits per heavy atom. The fourth-order valence-corrected chi connectivity index (χ4v) is 4.15. The van der Waals surface area contributed by atoms with Gasteiger partial charge in [-0.05, 0) is 53.8 Å². The van der Waals surface area contributed by atoms with Crippen LogP contribution in [0.2, 0.25) is 0 Å². The second-order valence-electron chi connectivity index (χ2n) is 7.64. The molecule has 0 saturated carbocycles. The third kappa shape index (κ3) is 4.69. The van der Waals surface area contributed by atoms with E-state index in [4.69, 9.17) is 10.5 Å². The zero-order chi connectivity index (χ0) is 20.8. The number of benzene rings is 2. The molecule has 1 aromatic heterocycles. The van der Waals surface area contributed by atoms with Crippen LogP contribution in [0.25, 0.3) is 11.1 Å². The van der Waals surface area contributed by atoms with Gasteiger partial charge in [0.2, 0.25) is 5.91 Å². The highest BCUT2D eigenvalue weighted by atomic mass is 16.5. The summed E-state index contributed by atoms with van der Waals surface area (Å²) in [4.78, 5) is 18.9. The zero-order valence-electron chi connectivity index (χ0n) is 17.0. The number of carbonyl (C=O) groups excluding carboxylic acids is 1. The Morgan fingerprint density at radius 3 is 2.23 bits per heavy atom. The average Bonchev–Trinajstić information content (AvgIpc) is 2.81. The van der Waals surface area contributed by atoms with Crippen molar-refractivity contribution < 1.29 is 9.53 Å². The molecule has 1 fully saturated rings. The van der Waals surface area contributed by atoms with Gasteiger partial charge in [0.25, 0.3) is 0 Å². The van der Waals surface area contributed by atoms with Crippen molar-refractivity contribution in [2.75, 3.05) is 18.1 Å². The first-order valence-corrected chi connectivity index (χ1v) is 10.4. The van der Waals surface area contributed by atoms with Crippen molar-refractivity contribution in [3.8, 4) is 11.1 Å². The number of nitrogens with two attached hydrogens (primary N) is 1. The van der Waals surface area contributed by atoms with Crippen molar-refractivity contribution in [2.45, 2.75) is 31.3 Å². The van der Waals surface area contributed by atoms with E-state index < -0.39 is 6.04 Å². The molecule has 3 aromatic rings. The topological polar surface area (TPSA) is 68.5 Å². The predicted molar refractivity (Wildman–Crippen MR) is 119 cm³/mol. The minimum absolute atomic E-state index is 0.215. The zero-order valence-corrected chi connectivity index (χ0v) is 17.0. The molecule has 5 nitrogen and oxygen atoms in total. The fourth-order valence-electron chi connectivity index (χ4n) is 4.15. The number of hydrogen-bond acceptors (Lipinski definition) is 4. The average molecular weight is 402 g/mol. The van der Waals surface area contributed by atoms with E-state index in [0.29, 0.717) is 19.6 Å². The molecule has 0 bridgehead atoms. The molecule has 0 radical (unpaired) electrons. The summed E-state index contributed by atoms with van der Waals surface area (Å²) in [6.45, 7) is 1.40. The van der Waals surface area contributed by atoms with Crippen LogP contribution in [-0.2, 0) is 16.0 Å². The van der Waals surface area contributed by atoms with E-state index in [-0.39, 0.29) is 11.9 Å². The Kier molecular flexibility index (Phi) is 6.40. The lowest BCUT2D eigenvalue weighted by Gasteiger charge is -2.40. The number of nitrogens with zero attached hydrogens (tertiary/aromatic N) is 2. The lowest BCUT2D eigenvalue weighted by Crippen LogP contribution is -2.53. The summed E-state index contributed by atoms with van der Waals surface area (Å²) in [6.07, 6.45) is 5.93. The highest BCUT2D eigenvalue weighted by Crippen LogP contribution is 2.29. The van der Waals surface area contributed by atoms with Gasteiger partial charge in [0.15, 0.2) is 0 Å². The molecular weight excluding hydrogens is 374 g/mol. The van der Waals surface area contributed by atoms with Crippen LogP contribution in [0.4, 0.5) is 5.69 Å². The van der Waals surface area contributed by atoms with Crippen LogP contribution in [0.5, 0.6) is 0 Å². The van der Waals surface area contributed by atoms with E-state index >= 15 is 0 Å². The summed E-state index contributed by atoms with van der Waals surface area (Å²) in [5.41, 5.74) is 10.3. The Hall–Kier alpha value is -3.18. The van der Waals surface area contributed by atoms with Crippen LogP contribution >= 0.6 is 0 Å². The largest absolute Gasteiger partial charge is 0.381 e. The normalized spacial score (nSPS) is 15.5. The number of anilines is 1. The summed E-state index contributed by atoms with van der Waals surface area (Å²) >= 11 is 0. The monoisotopic (exact) mass is 401 g/mol. The Bertz CT molecular complexity index is 939. The molecule has 154 valence electrons. The molecule has 1 aliphatic heterocycles. The maximum atomic E-state index is 12.6. The highest BCUT2D eigenvalue weighted by molar-refractivity contribution is 5.84. The van der Waals surface area contributed by atoms with Gasteiger partial charge in [-0.15, -0.1) is 0 Å². The molecule has 4 rings (SSSR count). The lowest BCUT2D eigenvalue weighted by molar-refractivity contribution is -0.119. The molecule has 2 N–H and O–H groups in total. The number of amides is 1. The lowest BCUT2D eigenvalue weighted by atomic mass is 9.97. The third-order valence-electron chi connectivity index (χ3n) is 5.70. The molecule has 2 aromatic carbocycles. The Labute approximate surface area is 177 Å². The molecule has 0 aliphatic carbocycles. The summed E-state index contributed by atoms with van der Waals surface area (Å²) in [6, 6.07) is 22.2. The molecule has 0 spiro atoms. The number of primary amides is 1. The van der Waals surface area contributed by atoms with Crippen LogP contribution in [0, 0.1) is 0 Å². The van der Waals surface area contributed by atoms with E-state index in [1.54, 1.807) is 12.4 Å². The van der Waals surface area contributed by atoms with E-state index in [1.165, 1.54) is 0 Å². The molecule has 5 heteroatoms. The van der Waals surface area contributed by atoms with Crippen molar-refractivity contribution >= 4 is 11.6 Å². The summed E-state index contributed by atoms with van der Waals surface area (Å²) in [5.74, 6) is -0.302. The van der Waals surface area contributed by atoms with Crippen molar-refractivity contribution in [1.82, 2.24) is 4.98 Å². The summed E-state index contributed by atoms with van der Waals surface area (Å²) in [7, 11) is 0. The smallest absolute Gasteiger partial charge is 0.240 e. The predicted octanol–water partition coefficient (Wildman–Crippen LogP) is 3.83. The van der Waals surface area contributed by atoms with Gasteiger partial charge in [-0.25, -0.2) is 0 Å². The molecule has 1 saturated heterocycles. The van der Waals surface area contributed by atoms with Crippen LogP contribution in [0.15, 0.2) is 79.1 Å². The maximum Gasteiger partial charge on any atom is 0.240 e. The highest BCUT2D eigenvalue weighted by Gasteiger charge is 2.31. The molecule has 1 amide bonds. The fraction of sp³-hybridized carbons (Fsp3) is 0.280. The summed E-state index contributed by atoms with van der Waals surface area (Å²) in [5, 5.41) is 0. The number of pyridine rings is 1. The van der Waals surface area contributed by atoms with Gasteiger partial charge in [-0.3, -0.25) is 9.78 Å². The van der Waals surface area contributed by atoms with Gasteiger partial charge in [0, 0.05) is 43.8 Å². The molecule has 30 heavy (non-hydrogen) atoms. The van der Waals surface area contributed by atoms with E-state index in [1.807, 2.05) is 42.5 Å². The molecule has 0 unspecified atom stereocenters. The van der Waals surface area contributed by atoms with Gasteiger partial charge in [0.1, 0.15) is 6.04 Å². The van der Waals surface area contributed by atoms with Crippen LogP contribution in [-0.4, -0.2) is 36.2 Å². The second-order valence-corrected chi connectivity index (χ2v) is 7.64. The number of aromatic nitrogens is 1. The van der Waals surface area contributed by atoms with Gasteiger partial charge >= 0.3 is 0 Å². The molecule has 2 heterocycles. The van der Waals surface area contributed by atoms with Crippen molar-refractivity contribution in [3.63, 3.8) is 0 Å². The number of rotatable bonds is 7. The molecule has 1 atom stereocenters. The van der Waals surface area contributed by atoms with Crippen LogP contribution < -0.4 is 10.6 Å². The minimum atomic E-state index is -0.415. The van der Waals surface area contributed by atoms with Gasteiger partial charge in [-0.1, -0.05) is 42.5 Å². The van der Waals surface area contributed by atoms with Crippen molar-refractivity contribution in [3.05, 3.63) is 84.7 Å². The first-order chi connectivity index (χ1) is 14.7. The van der Waals surface area contributed by atoms with E-state index in [0.717, 1.165) is 35.2 Å². The molecule has 1 aliphatic rings. The third-order valence-corrected chi connectivity index (χ3v) is 5.70. The minimum Gasteiger partial charge on any atom is -0.381 e. The summed E-state index contributed by atoms with van der Waals surface area (Å²) < 4.78 is 5.57. The first kappa shape index (κ1) is 20.1. The van der Waals surface area contributed by atoms with E-state index in [2.05, 4.69) is 34.1 Å². The van der Waals surface area contributed by atoms with Crippen molar-refractivity contribution in [1.29, 1.82) is 0 Å². The van der Waals surface area contributed by atoms with Gasteiger partial charge in [-0.2, -0.15) is 0 Å². The van der Waals surface area contributed by atoms with Crippen LogP contribution in [0.3, 0.4) is 0 Å².